The van der Waals surface area contributed by atoms with Gasteiger partial charge in [-0.1, -0.05) is 77.0 Å². The van der Waals surface area contributed by atoms with Gasteiger partial charge in [0.1, 0.15) is 0 Å². The van der Waals surface area contributed by atoms with Crippen molar-refractivity contribution in [2.75, 3.05) is 13.2 Å². The lowest BCUT2D eigenvalue weighted by atomic mass is 9.96. The molecule has 4 N–H and O–H groups in total. The third-order valence-electron chi connectivity index (χ3n) is 5.55. The van der Waals surface area contributed by atoms with E-state index in [1.54, 1.807) is 0 Å². The van der Waals surface area contributed by atoms with Crippen LogP contribution in [0.2, 0.25) is 0 Å². The maximum Gasteiger partial charge on any atom is 0.332 e. The second-order valence-corrected chi connectivity index (χ2v) is 8.17. The largest absolute Gasteiger partial charge is 0.478 e. The van der Waals surface area contributed by atoms with Gasteiger partial charge in [-0.2, -0.15) is 0 Å². The molecule has 0 aromatic heterocycles. The third kappa shape index (κ3) is 16.4. The molecule has 0 atom stereocenters. The standard InChI is InChI=1S/C24H44O6/c25-19-15-11-7-3-1-5-9-13-17-21(23(27)28)22(24(29)30)18-14-10-6-2-4-8-12-16-20-26/h25-26H,1-20H2,(H,27,28)(H,29,30)/b22-21-. The van der Waals surface area contributed by atoms with E-state index in [9.17, 15) is 19.8 Å². The molecule has 0 aliphatic carbocycles. The van der Waals surface area contributed by atoms with Crippen LogP contribution in [0.25, 0.3) is 0 Å². The fourth-order valence-corrected chi connectivity index (χ4v) is 3.72. The van der Waals surface area contributed by atoms with E-state index < -0.39 is 11.9 Å². The van der Waals surface area contributed by atoms with Crippen LogP contribution in [0, 0.1) is 0 Å². The van der Waals surface area contributed by atoms with Crippen molar-refractivity contribution in [3.05, 3.63) is 11.1 Å². The van der Waals surface area contributed by atoms with Crippen LogP contribution in [0.5, 0.6) is 0 Å². The van der Waals surface area contributed by atoms with Gasteiger partial charge in [-0.15, -0.1) is 0 Å². The predicted molar refractivity (Wildman–Crippen MR) is 120 cm³/mol. The number of rotatable bonds is 22. The monoisotopic (exact) mass is 428 g/mol. The van der Waals surface area contributed by atoms with E-state index in [0.29, 0.717) is 25.7 Å². The average molecular weight is 429 g/mol. The van der Waals surface area contributed by atoms with E-state index in [4.69, 9.17) is 10.2 Å². The van der Waals surface area contributed by atoms with Gasteiger partial charge in [-0.3, -0.25) is 0 Å². The summed E-state index contributed by atoms with van der Waals surface area (Å²) in [6, 6.07) is 0. The molecule has 0 radical (unpaired) electrons. The minimum absolute atomic E-state index is 0.0782. The maximum atomic E-state index is 11.6. The Morgan fingerprint density at radius 1 is 0.400 bits per heavy atom. The molecule has 0 aliphatic heterocycles. The molecular weight excluding hydrogens is 384 g/mol. The normalized spacial score (nSPS) is 12.1. The number of aliphatic hydroxyl groups is 2. The van der Waals surface area contributed by atoms with Crippen LogP contribution in [-0.2, 0) is 9.59 Å². The molecule has 0 aromatic carbocycles. The zero-order chi connectivity index (χ0) is 22.5. The Hall–Kier alpha value is -1.40. The van der Waals surface area contributed by atoms with Gasteiger partial charge in [0.05, 0.1) is 0 Å². The first-order valence-electron chi connectivity index (χ1n) is 11.9. The Bertz CT molecular complexity index is 430. The van der Waals surface area contributed by atoms with Gasteiger partial charge < -0.3 is 20.4 Å². The summed E-state index contributed by atoms with van der Waals surface area (Å²) in [4.78, 5) is 23.2. The van der Waals surface area contributed by atoms with Crippen molar-refractivity contribution in [1.29, 1.82) is 0 Å². The lowest BCUT2D eigenvalue weighted by Gasteiger charge is -2.09. The van der Waals surface area contributed by atoms with E-state index in [-0.39, 0.29) is 24.4 Å². The van der Waals surface area contributed by atoms with Crippen molar-refractivity contribution >= 4 is 11.9 Å². The molecule has 0 aliphatic rings. The van der Waals surface area contributed by atoms with Crippen LogP contribution in [0.4, 0.5) is 0 Å². The molecule has 6 nitrogen and oxygen atoms in total. The van der Waals surface area contributed by atoms with Crippen LogP contribution in [-0.4, -0.2) is 45.6 Å². The maximum absolute atomic E-state index is 11.6. The molecule has 0 amide bonds. The fourth-order valence-electron chi connectivity index (χ4n) is 3.72. The van der Waals surface area contributed by atoms with Crippen molar-refractivity contribution in [2.45, 2.75) is 116 Å². The zero-order valence-corrected chi connectivity index (χ0v) is 18.7. The molecular formula is C24H44O6. The highest BCUT2D eigenvalue weighted by molar-refractivity contribution is 5.98. The van der Waals surface area contributed by atoms with Gasteiger partial charge in [0.25, 0.3) is 0 Å². The summed E-state index contributed by atoms with van der Waals surface area (Å²) in [6.45, 7) is 0.503. The summed E-state index contributed by atoms with van der Waals surface area (Å²) >= 11 is 0. The second-order valence-electron chi connectivity index (χ2n) is 8.17. The highest BCUT2D eigenvalue weighted by Crippen LogP contribution is 2.21. The molecule has 0 rings (SSSR count). The van der Waals surface area contributed by atoms with Gasteiger partial charge in [-0.05, 0) is 38.5 Å². The Balaban J connectivity index is 4.18. The Kier molecular flexibility index (Phi) is 19.9. The number of hydrogen-bond acceptors (Lipinski definition) is 4. The summed E-state index contributed by atoms with van der Waals surface area (Å²) in [5, 5.41) is 36.5. The molecule has 0 aromatic rings. The molecule has 0 fully saturated rings. The first-order valence-corrected chi connectivity index (χ1v) is 11.9. The first-order chi connectivity index (χ1) is 14.5. The number of carboxylic acids is 2. The van der Waals surface area contributed by atoms with E-state index in [2.05, 4.69) is 0 Å². The lowest BCUT2D eigenvalue weighted by Crippen LogP contribution is -2.12. The topological polar surface area (TPSA) is 115 Å². The number of unbranched alkanes of at least 4 members (excludes halogenated alkanes) is 14. The van der Waals surface area contributed by atoms with Crippen LogP contribution < -0.4 is 0 Å². The summed E-state index contributed by atoms with van der Waals surface area (Å²) in [6.07, 6.45) is 16.5. The molecule has 0 saturated heterocycles. The van der Waals surface area contributed by atoms with Crippen LogP contribution in [0.3, 0.4) is 0 Å². The molecule has 176 valence electrons. The minimum Gasteiger partial charge on any atom is -0.478 e. The van der Waals surface area contributed by atoms with Gasteiger partial charge in [0.15, 0.2) is 0 Å². The molecule has 30 heavy (non-hydrogen) atoms. The predicted octanol–water partition coefficient (Wildman–Crippen LogP) is 5.46. The zero-order valence-electron chi connectivity index (χ0n) is 18.7. The van der Waals surface area contributed by atoms with Crippen molar-refractivity contribution in [3.63, 3.8) is 0 Å². The average Bonchev–Trinajstić information content (AvgIpc) is 2.71. The summed E-state index contributed by atoms with van der Waals surface area (Å²) in [7, 11) is 0. The lowest BCUT2D eigenvalue weighted by molar-refractivity contribution is -0.136. The second kappa shape index (κ2) is 20.9. The van der Waals surface area contributed by atoms with Gasteiger partial charge in [-0.25, -0.2) is 9.59 Å². The highest BCUT2D eigenvalue weighted by atomic mass is 16.4. The van der Waals surface area contributed by atoms with Crippen molar-refractivity contribution in [3.8, 4) is 0 Å². The van der Waals surface area contributed by atoms with E-state index in [1.807, 2.05) is 0 Å². The van der Waals surface area contributed by atoms with E-state index in [1.165, 1.54) is 0 Å². The number of carboxylic acid groups (broad SMARTS) is 2. The number of carbonyl (C=O) groups is 2. The third-order valence-corrected chi connectivity index (χ3v) is 5.55. The summed E-state index contributed by atoms with van der Waals surface area (Å²) in [5.41, 5.74) is 0.156. The van der Waals surface area contributed by atoms with Crippen molar-refractivity contribution in [2.24, 2.45) is 0 Å². The van der Waals surface area contributed by atoms with Gasteiger partial charge >= 0.3 is 11.9 Å². The van der Waals surface area contributed by atoms with Crippen molar-refractivity contribution in [1.82, 2.24) is 0 Å². The van der Waals surface area contributed by atoms with Crippen LogP contribution in [0.15, 0.2) is 11.1 Å². The Labute approximate surface area is 182 Å². The number of hydrogen-bond donors (Lipinski definition) is 4. The Morgan fingerprint density at radius 2 is 0.633 bits per heavy atom. The summed E-state index contributed by atoms with van der Waals surface area (Å²) < 4.78 is 0. The Morgan fingerprint density at radius 3 is 0.867 bits per heavy atom. The summed E-state index contributed by atoms with van der Waals surface area (Å²) in [5.74, 6) is -2.19. The van der Waals surface area contributed by atoms with Gasteiger partial charge in [0, 0.05) is 24.4 Å². The molecule has 0 heterocycles. The molecule has 0 unspecified atom stereocenters. The molecule has 6 heteroatoms. The fraction of sp³-hybridized carbons (Fsp3) is 0.833. The van der Waals surface area contributed by atoms with Crippen LogP contribution in [0.1, 0.15) is 116 Å². The first kappa shape index (κ1) is 28.6. The van der Waals surface area contributed by atoms with Crippen LogP contribution >= 0.6 is 0 Å². The van der Waals surface area contributed by atoms with Gasteiger partial charge in [0.2, 0.25) is 0 Å². The van der Waals surface area contributed by atoms with E-state index >= 15 is 0 Å². The van der Waals surface area contributed by atoms with E-state index in [0.717, 1.165) is 89.9 Å². The van der Waals surface area contributed by atoms with Crippen molar-refractivity contribution < 1.29 is 30.0 Å². The number of aliphatic carboxylic acids is 2. The smallest absolute Gasteiger partial charge is 0.332 e. The molecule has 0 saturated carbocycles. The molecule has 0 bridgehead atoms. The number of aliphatic hydroxyl groups excluding tert-OH is 2. The molecule has 0 spiro atoms. The SMILES string of the molecule is O=C(O)/C(CCCCCCCCCCO)=C(/CCCCCCCCCCO)C(=O)O. The highest BCUT2D eigenvalue weighted by Gasteiger charge is 2.19. The quantitative estimate of drug-likeness (QED) is 0.134. The minimum atomic E-state index is -1.10.